The van der Waals surface area contributed by atoms with E-state index >= 15 is 0 Å². The zero-order valence-electron chi connectivity index (χ0n) is 12.8. The summed E-state index contributed by atoms with van der Waals surface area (Å²) in [7, 11) is 0. The van der Waals surface area contributed by atoms with Crippen molar-refractivity contribution in [1.29, 1.82) is 0 Å². The average molecular weight is 305 g/mol. The third-order valence-electron chi connectivity index (χ3n) is 3.97. The zero-order chi connectivity index (χ0) is 15.4. The molecule has 4 nitrogen and oxygen atoms in total. The van der Waals surface area contributed by atoms with E-state index in [1.54, 1.807) is 19.1 Å². The highest BCUT2D eigenvalue weighted by Gasteiger charge is 2.25. The first-order valence-corrected chi connectivity index (χ1v) is 7.85. The van der Waals surface area contributed by atoms with Crippen molar-refractivity contribution in [2.75, 3.05) is 5.32 Å². The van der Waals surface area contributed by atoms with E-state index in [2.05, 4.69) is 29.6 Å². The summed E-state index contributed by atoms with van der Waals surface area (Å²) in [4.78, 5) is 11.2. The second kappa shape index (κ2) is 7.00. The summed E-state index contributed by atoms with van der Waals surface area (Å²) in [5.74, 6) is 0.0678. The van der Waals surface area contributed by atoms with Crippen molar-refractivity contribution in [1.82, 2.24) is 10.4 Å². The molecule has 2 N–H and O–H groups in total. The number of carbonyl (C=O) groups is 1. The lowest BCUT2D eigenvalue weighted by Crippen LogP contribution is -2.55. The maximum absolute atomic E-state index is 11.2. The van der Waals surface area contributed by atoms with Crippen LogP contribution >= 0.6 is 12.2 Å². The number of anilines is 1. The number of benzene rings is 1. The first-order chi connectivity index (χ1) is 9.97. The van der Waals surface area contributed by atoms with Gasteiger partial charge in [0.25, 0.3) is 0 Å². The molecule has 1 fully saturated rings. The van der Waals surface area contributed by atoms with Crippen molar-refractivity contribution in [2.24, 2.45) is 0 Å². The normalized spacial score (nSPS) is 22.6. The van der Waals surface area contributed by atoms with Crippen molar-refractivity contribution < 1.29 is 4.79 Å². The molecule has 0 amide bonds. The number of rotatable bonds is 3. The Morgan fingerprint density at radius 3 is 2.29 bits per heavy atom. The van der Waals surface area contributed by atoms with Crippen LogP contribution in [0, 0.1) is 0 Å². The smallest absolute Gasteiger partial charge is 0.185 e. The number of nitrogens with one attached hydrogen (secondary N) is 2. The third kappa shape index (κ3) is 4.25. The third-order valence-corrected chi connectivity index (χ3v) is 4.17. The summed E-state index contributed by atoms with van der Waals surface area (Å²) in [5.41, 5.74) is 4.88. The Morgan fingerprint density at radius 2 is 1.76 bits per heavy atom. The molecule has 5 heteroatoms. The van der Waals surface area contributed by atoms with Crippen LogP contribution in [0.3, 0.4) is 0 Å². The Hall–Kier alpha value is -1.46. The van der Waals surface area contributed by atoms with E-state index in [0.717, 1.165) is 5.69 Å². The molecule has 0 radical (unpaired) electrons. The van der Waals surface area contributed by atoms with Gasteiger partial charge in [0, 0.05) is 23.3 Å². The van der Waals surface area contributed by atoms with Gasteiger partial charge in [0.1, 0.15) is 0 Å². The second-order valence-corrected chi connectivity index (χ2v) is 6.14. The summed E-state index contributed by atoms with van der Waals surface area (Å²) in [6, 6.07) is 8.31. The predicted molar refractivity (Wildman–Crippen MR) is 90.4 cm³/mol. The van der Waals surface area contributed by atoms with Crippen LogP contribution < -0.4 is 10.7 Å². The number of hydrazine groups is 1. The number of nitrogens with zero attached hydrogens (tertiary/aromatic N) is 1. The lowest BCUT2D eigenvalue weighted by atomic mass is 10.00. The molecule has 0 saturated carbocycles. The summed E-state index contributed by atoms with van der Waals surface area (Å²) < 4.78 is 0. The topological polar surface area (TPSA) is 44.4 Å². The first kappa shape index (κ1) is 15.9. The fourth-order valence-corrected chi connectivity index (χ4v) is 2.93. The van der Waals surface area contributed by atoms with Gasteiger partial charge in [-0.3, -0.25) is 10.2 Å². The molecule has 0 aliphatic carbocycles. The molecule has 0 unspecified atom stereocenters. The SMILES string of the molecule is CC(=O)c1ccc(NC(=S)NN2[C@H](C)CCC[C@@H]2C)cc1. The van der Waals surface area contributed by atoms with Crippen LogP contribution in [0.5, 0.6) is 0 Å². The van der Waals surface area contributed by atoms with E-state index in [1.807, 2.05) is 12.1 Å². The molecule has 1 aliphatic rings. The van der Waals surface area contributed by atoms with Crippen LogP contribution in [0.25, 0.3) is 0 Å². The maximum atomic E-state index is 11.2. The standard InChI is InChI=1S/C16H23N3OS/c1-11-5-4-6-12(2)19(11)18-16(21)17-15-9-7-14(8-10-15)13(3)20/h7-12H,4-6H2,1-3H3,(H2,17,18,21)/t11-,12+. The number of hydrogen-bond donors (Lipinski definition) is 2. The van der Waals surface area contributed by atoms with Gasteiger partial charge in [-0.1, -0.05) is 6.42 Å². The van der Waals surface area contributed by atoms with Crippen LogP contribution in [0.15, 0.2) is 24.3 Å². The average Bonchev–Trinajstić information content (AvgIpc) is 2.43. The second-order valence-electron chi connectivity index (χ2n) is 5.74. The summed E-state index contributed by atoms with van der Waals surface area (Å²) >= 11 is 5.38. The molecule has 1 heterocycles. The Labute approximate surface area is 131 Å². The fraction of sp³-hybridized carbons (Fsp3) is 0.500. The van der Waals surface area contributed by atoms with Gasteiger partial charge in [0.05, 0.1) is 0 Å². The Kier molecular flexibility index (Phi) is 5.31. The maximum Gasteiger partial charge on any atom is 0.185 e. The highest BCUT2D eigenvalue weighted by Crippen LogP contribution is 2.20. The van der Waals surface area contributed by atoms with E-state index in [4.69, 9.17) is 12.2 Å². The molecule has 1 aliphatic heterocycles. The number of carbonyl (C=O) groups excluding carboxylic acids is 1. The molecule has 2 rings (SSSR count). The Bertz CT molecular complexity index is 505. The number of Topliss-reactive ketones (excluding diaryl/α,β-unsaturated/α-hetero) is 1. The van der Waals surface area contributed by atoms with Crippen molar-refractivity contribution in [3.63, 3.8) is 0 Å². The van der Waals surface area contributed by atoms with Crippen molar-refractivity contribution in [3.05, 3.63) is 29.8 Å². The van der Waals surface area contributed by atoms with Gasteiger partial charge >= 0.3 is 0 Å². The predicted octanol–water partition coefficient (Wildman–Crippen LogP) is 3.35. The molecule has 1 aromatic carbocycles. The fourth-order valence-electron chi connectivity index (χ4n) is 2.71. The van der Waals surface area contributed by atoms with Gasteiger partial charge in [0.15, 0.2) is 10.9 Å². The number of hydrogen-bond acceptors (Lipinski definition) is 3. The molecule has 1 saturated heterocycles. The number of piperidine rings is 1. The lowest BCUT2D eigenvalue weighted by molar-refractivity contribution is 0.0750. The summed E-state index contributed by atoms with van der Waals surface area (Å²) in [5, 5.41) is 5.98. The molecule has 0 spiro atoms. The quantitative estimate of drug-likeness (QED) is 0.662. The van der Waals surface area contributed by atoms with Gasteiger partial charge in [-0.05, 0) is 70.1 Å². The van der Waals surface area contributed by atoms with Crippen LogP contribution in [0.4, 0.5) is 5.69 Å². The lowest BCUT2D eigenvalue weighted by Gasteiger charge is -2.39. The molecule has 2 atom stereocenters. The molecule has 1 aromatic rings. The zero-order valence-corrected chi connectivity index (χ0v) is 13.7. The number of thiocarbonyl (C=S) groups is 1. The molecule has 0 aromatic heterocycles. The van der Waals surface area contributed by atoms with Gasteiger partial charge < -0.3 is 5.32 Å². The van der Waals surface area contributed by atoms with E-state index in [1.165, 1.54) is 19.3 Å². The van der Waals surface area contributed by atoms with E-state index in [-0.39, 0.29) is 5.78 Å². The molecular formula is C16H23N3OS. The minimum atomic E-state index is 0.0678. The van der Waals surface area contributed by atoms with Crippen molar-refractivity contribution in [3.8, 4) is 0 Å². The van der Waals surface area contributed by atoms with E-state index in [0.29, 0.717) is 22.8 Å². The van der Waals surface area contributed by atoms with E-state index in [9.17, 15) is 4.79 Å². The summed E-state index contributed by atoms with van der Waals surface area (Å²) in [6.07, 6.45) is 3.65. The van der Waals surface area contributed by atoms with Gasteiger partial charge in [0.2, 0.25) is 0 Å². The van der Waals surface area contributed by atoms with Crippen LogP contribution in [0.2, 0.25) is 0 Å². The van der Waals surface area contributed by atoms with Crippen LogP contribution in [-0.4, -0.2) is 28.0 Å². The Morgan fingerprint density at radius 1 is 1.19 bits per heavy atom. The highest BCUT2D eigenvalue weighted by atomic mass is 32.1. The van der Waals surface area contributed by atoms with Crippen LogP contribution in [-0.2, 0) is 0 Å². The van der Waals surface area contributed by atoms with Gasteiger partial charge in [-0.25, -0.2) is 5.01 Å². The molecule has 114 valence electrons. The Balaban J connectivity index is 1.93. The minimum Gasteiger partial charge on any atom is -0.332 e. The minimum absolute atomic E-state index is 0.0678. The highest BCUT2D eigenvalue weighted by molar-refractivity contribution is 7.80. The monoisotopic (exact) mass is 305 g/mol. The summed E-state index contributed by atoms with van der Waals surface area (Å²) in [6.45, 7) is 5.99. The molecular weight excluding hydrogens is 282 g/mol. The molecule has 21 heavy (non-hydrogen) atoms. The van der Waals surface area contributed by atoms with Crippen molar-refractivity contribution in [2.45, 2.75) is 52.1 Å². The van der Waals surface area contributed by atoms with Crippen LogP contribution in [0.1, 0.15) is 50.4 Å². The largest absolute Gasteiger partial charge is 0.332 e. The van der Waals surface area contributed by atoms with E-state index < -0.39 is 0 Å². The van der Waals surface area contributed by atoms with Crippen molar-refractivity contribution >= 4 is 28.8 Å². The first-order valence-electron chi connectivity index (χ1n) is 7.44. The van der Waals surface area contributed by atoms with Gasteiger partial charge in [-0.2, -0.15) is 0 Å². The number of ketones is 1. The van der Waals surface area contributed by atoms with Gasteiger partial charge in [-0.15, -0.1) is 0 Å². The molecule has 0 bridgehead atoms.